The van der Waals surface area contributed by atoms with E-state index in [0.29, 0.717) is 0 Å². The Hall–Kier alpha value is -0.830. The molecule has 0 aromatic heterocycles. The number of hydrogen-bond donors (Lipinski definition) is 0. The minimum Gasteiger partial charge on any atom is -0.743 e. The maximum Gasteiger partial charge on any atom is 0.402 e. The number of rotatable bonds is 10. The first-order valence-corrected chi connectivity index (χ1v) is 10.2. The van der Waals surface area contributed by atoms with Crippen molar-refractivity contribution in [1.29, 1.82) is 0 Å². The molecule has 184 valence electrons. The van der Waals surface area contributed by atoms with Gasteiger partial charge in [0.25, 0.3) is 0 Å². The van der Waals surface area contributed by atoms with Gasteiger partial charge in [-0.25, -0.2) is 12.8 Å². The predicted octanol–water partition coefficient (Wildman–Crippen LogP) is 4.96. The summed E-state index contributed by atoms with van der Waals surface area (Å²) in [5.74, 6) is -13.6. The van der Waals surface area contributed by atoms with Crippen LogP contribution in [0.5, 0.6) is 0 Å². The van der Waals surface area contributed by atoms with Crippen molar-refractivity contribution in [2.24, 2.45) is 0 Å². The Morgan fingerprint density at radius 1 is 0.800 bits per heavy atom. The van der Waals surface area contributed by atoms with Gasteiger partial charge in [-0.1, -0.05) is 0 Å². The Morgan fingerprint density at radius 3 is 1.33 bits per heavy atom. The van der Waals surface area contributed by atoms with Crippen LogP contribution < -0.4 is 0 Å². The third kappa shape index (κ3) is 7.39. The van der Waals surface area contributed by atoms with E-state index in [1.807, 2.05) is 0 Å². The lowest BCUT2D eigenvalue weighted by molar-refractivity contribution is -0.921. The van der Waals surface area contributed by atoms with Gasteiger partial charge in [-0.3, -0.25) is 0 Å². The van der Waals surface area contributed by atoms with Crippen molar-refractivity contribution in [2.45, 2.75) is 70.0 Å². The molecule has 0 saturated heterocycles. The van der Waals surface area contributed by atoms with Crippen molar-refractivity contribution in [2.75, 3.05) is 26.2 Å². The molecule has 15 heteroatoms. The van der Waals surface area contributed by atoms with E-state index in [0.717, 1.165) is 0 Å². The first kappa shape index (κ1) is 31.4. The van der Waals surface area contributed by atoms with Crippen molar-refractivity contribution in [3.8, 4) is 0 Å². The molecule has 0 amide bonds. The standard InChI is InChI=1S/C8H20N.C7H6F10O3S/c1-5-9(6-2,7-3)8-4;8-3(1-2-4(9,10)11)5(12,13)6(14,15)7(16,17)21(18,19)20/h5-8H2,1-4H3;3H,1-2H2,(H,18,19,20)/q+1;/p-1. The minimum absolute atomic E-state index is 1.28. The topological polar surface area (TPSA) is 57.2 Å². The molecule has 30 heavy (non-hydrogen) atoms. The third-order valence-electron chi connectivity index (χ3n) is 4.86. The number of halogens is 10. The Morgan fingerprint density at radius 2 is 1.13 bits per heavy atom. The average Bonchev–Trinajstić information content (AvgIpc) is 2.60. The molecule has 0 heterocycles. The summed E-state index contributed by atoms with van der Waals surface area (Å²) >= 11 is 0. The van der Waals surface area contributed by atoms with E-state index in [2.05, 4.69) is 27.7 Å². The highest BCUT2D eigenvalue weighted by Gasteiger charge is 2.77. The smallest absolute Gasteiger partial charge is 0.402 e. The van der Waals surface area contributed by atoms with Gasteiger partial charge in [0.1, 0.15) is 0 Å². The molecule has 1 unspecified atom stereocenters. The number of alkyl halides is 10. The molecular weight excluding hydrogens is 464 g/mol. The van der Waals surface area contributed by atoms with E-state index in [1.165, 1.54) is 30.7 Å². The van der Waals surface area contributed by atoms with Gasteiger partial charge < -0.3 is 9.04 Å². The van der Waals surface area contributed by atoms with Gasteiger partial charge >= 0.3 is 23.3 Å². The summed E-state index contributed by atoms with van der Waals surface area (Å²) in [7, 11) is -7.32. The first-order chi connectivity index (χ1) is 13.1. The second kappa shape index (κ2) is 10.7. The van der Waals surface area contributed by atoms with E-state index >= 15 is 0 Å². The van der Waals surface area contributed by atoms with E-state index in [1.54, 1.807) is 0 Å². The summed E-state index contributed by atoms with van der Waals surface area (Å²) < 4.78 is 155. The predicted molar refractivity (Wildman–Crippen MR) is 87.1 cm³/mol. The average molecular weight is 489 g/mol. The van der Waals surface area contributed by atoms with Crippen LogP contribution in [0.2, 0.25) is 0 Å². The molecular formula is C15H25F10NO3S. The molecule has 0 radical (unpaired) electrons. The van der Waals surface area contributed by atoms with E-state index in [-0.39, 0.29) is 0 Å². The molecule has 0 saturated carbocycles. The summed E-state index contributed by atoms with van der Waals surface area (Å²) in [6, 6.07) is 0. The summed E-state index contributed by atoms with van der Waals surface area (Å²) in [5, 5.41) is -6.91. The van der Waals surface area contributed by atoms with Crippen LogP contribution in [-0.4, -0.2) is 73.1 Å². The van der Waals surface area contributed by atoms with Crippen LogP contribution in [0.3, 0.4) is 0 Å². The van der Waals surface area contributed by atoms with Gasteiger partial charge in [-0.15, -0.1) is 0 Å². The highest BCUT2D eigenvalue weighted by atomic mass is 32.2. The van der Waals surface area contributed by atoms with Crippen molar-refractivity contribution in [3.63, 3.8) is 0 Å². The summed E-state index contributed by atoms with van der Waals surface area (Å²) in [6.45, 7) is 14.2. The maximum atomic E-state index is 12.8. The van der Waals surface area contributed by atoms with Crippen LogP contribution in [-0.2, 0) is 10.1 Å². The molecule has 0 bridgehead atoms. The largest absolute Gasteiger partial charge is 0.743 e. The first-order valence-electron chi connectivity index (χ1n) is 8.77. The Balaban J connectivity index is 0. The van der Waals surface area contributed by atoms with Gasteiger partial charge in [-0.2, -0.15) is 39.5 Å². The molecule has 0 aromatic carbocycles. The van der Waals surface area contributed by atoms with Crippen LogP contribution in [0.1, 0.15) is 40.5 Å². The monoisotopic (exact) mass is 489 g/mol. The van der Waals surface area contributed by atoms with Gasteiger partial charge in [0.05, 0.1) is 26.2 Å². The molecule has 0 aliphatic carbocycles. The van der Waals surface area contributed by atoms with Crippen LogP contribution in [0.15, 0.2) is 0 Å². The fraction of sp³-hybridized carbons (Fsp3) is 1.00. The minimum atomic E-state index is -7.32. The lowest BCUT2D eigenvalue weighted by atomic mass is 10.0. The van der Waals surface area contributed by atoms with Gasteiger partial charge in [0.15, 0.2) is 16.3 Å². The number of hydrogen-bond acceptors (Lipinski definition) is 3. The van der Waals surface area contributed by atoms with Gasteiger partial charge in [0.2, 0.25) is 0 Å². The van der Waals surface area contributed by atoms with Crippen LogP contribution in [0, 0.1) is 0 Å². The molecule has 0 aliphatic rings. The fourth-order valence-corrected chi connectivity index (χ4v) is 2.81. The zero-order chi connectivity index (χ0) is 24.8. The SMILES string of the molecule is CC[N+](CC)(CC)CC.O=S(=O)([O-])C(F)(F)C(F)(F)C(F)(F)C(F)CCC(F)(F)F. The molecule has 0 aromatic rings. The van der Waals surface area contributed by atoms with Crippen LogP contribution in [0.4, 0.5) is 43.9 Å². The number of quaternary nitrogens is 1. The lowest BCUT2D eigenvalue weighted by Gasteiger charge is -2.35. The fourth-order valence-electron chi connectivity index (χ4n) is 2.36. The normalized spacial score (nSPS) is 15.4. The zero-order valence-electron chi connectivity index (χ0n) is 16.7. The lowest BCUT2D eigenvalue weighted by Crippen LogP contribution is -2.61. The summed E-state index contributed by atoms with van der Waals surface area (Å²) in [4.78, 5) is 0. The van der Waals surface area contributed by atoms with Crippen molar-refractivity contribution < 1.29 is 61.4 Å². The zero-order valence-corrected chi connectivity index (χ0v) is 17.5. The third-order valence-corrected chi connectivity index (χ3v) is 5.74. The van der Waals surface area contributed by atoms with Gasteiger partial charge in [-0.05, 0) is 34.1 Å². The van der Waals surface area contributed by atoms with E-state index < -0.39 is 52.4 Å². The second-order valence-corrected chi connectivity index (χ2v) is 7.82. The van der Waals surface area contributed by atoms with Crippen molar-refractivity contribution in [3.05, 3.63) is 0 Å². The second-order valence-electron chi connectivity index (χ2n) is 6.40. The maximum absolute atomic E-state index is 12.8. The quantitative estimate of drug-likeness (QED) is 0.248. The van der Waals surface area contributed by atoms with Crippen molar-refractivity contribution >= 4 is 10.1 Å². The highest BCUT2D eigenvalue weighted by Crippen LogP contribution is 2.51. The Kier molecular flexibility index (Phi) is 11.1. The molecule has 0 spiro atoms. The van der Waals surface area contributed by atoms with E-state index in [4.69, 9.17) is 0 Å². The van der Waals surface area contributed by atoms with Crippen molar-refractivity contribution in [1.82, 2.24) is 0 Å². The highest BCUT2D eigenvalue weighted by molar-refractivity contribution is 7.86. The Bertz CT molecular complexity index is 601. The van der Waals surface area contributed by atoms with Crippen LogP contribution >= 0.6 is 0 Å². The molecule has 0 fully saturated rings. The van der Waals surface area contributed by atoms with E-state index in [9.17, 15) is 56.9 Å². The molecule has 0 N–H and O–H groups in total. The van der Waals surface area contributed by atoms with Crippen LogP contribution in [0.25, 0.3) is 0 Å². The molecule has 1 atom stereocenters. The molecule has 0 aliphatic heterocycles. The molecule has 0 rings (SSSR count). The summed E-state index contributed by atoms with van der Waals surface area (Å²) in [5.41, 5.74) is 0. The number of nitrogens with zero attached hydrogens (tertiary/aromatic N) is 1. The van der Waals surface area contributed by atoms with Gasteiger partial charge in [0, 0.05) is 6.42 Å². The summed E-state index contributed by atoms with van der Waals surface area (Å²) in [6.07, 6.45) is -14.4. The Labute approximate surface area is 168 Å². The molecule has 4 nitrogen and oxygen atoms in total.